The highest BCUT2D eigenvalue weighted by Gasteiger charge is 2.12. The van der Waals surface area contributed by atoms with E-state index < -0.39 is 6.04 Å². The van der Waals surface area contributed by atoms with E-state index in [2.05, 4.69) is 10.6 Å². The van der Waals surface area contributed by atoms with Gasteiger partial charge in [-0.1, -0.05) is 42.5 Å². The molecule has 25 heavy (non-hydrogen) atoms. The van der Waals surface area contributed by atoms with Gasteiger partial charge >= 0.3 is 6.03 Å². The lowest BCUT2D eigenvalue weighted by atomic mass is 10.1. The van der Waals surface area contributed by atoms with Gasteiger partial charge in [0.25, 0.3) is 0 Å². The van der Waals surface area contributed by atoms with Gasteiger partial charge in [0.1, 0.15) is 5.82 Å². The molecule has 0 fully saturated rings. The van der Waals surface area contributed by atoms with Crippen molar-refractivity contribution < 1.29 is 14.3 Å². The Balaban J connectivity index is 1.71. The number of benzene rings is 2. The molecular formula is C19H24FN3O2. The number of urea groups is 1. The molecule has 134 valence electrons. The number of aliphatic hydroxyl groups excluding tert-OH is 1. The molecular weight excluding hydrogens is 321 g/mol. The molecule has 0 aromatic heterocycles. The summed E-state index contributed by atoms with van der Waals surface area (Å²) in [4.78, 5) is 14.0. The molecule has 5 nitrogen and oxygen atoms in total. The van der Waals surface area contributed by atoms with Crippen molar-refractivity contribution in [2.24, 2.45) is 0 Å². The summed E-state index contributed by atoms with van der Waals surface area (Å²) in [5.41, 5.74) is 1.87. The van der Waals surface area contributed by atoms with Crippen molar-refractivity contribution in [3.05, 3.63) is 71.5 Å². The van der Waals surface area contributed by atoms with Gasteiger partial charge in [0.05, 0.1) is 12.6 Å². The lowest BCUT2D eigenvalue weighted by Gasteiger charge is -2.19. The third kappa shape index (κ3) is 6.52. The van der Waals surface area contributed by atoms with Crippen LogP contribution in [0.25, 0.3) is 0 Å². The van der Waals surface area contributed by atoms with Gasteiger partial charge in [-0.15, -0.1) is 0 Å². The van der Waals surface area contributed by atoms with Crippen molar-refractivity contribution >= 4 is 6.03 Å². The normalized spacial score (nSPS) is 12.0. The molecule has 0 unspecified atom stereocenters. The molecule has 2 rings (SSSR count). The van der Waals surface area contributed by atoms with Crippen LogP contribution < -0.4 is 10.6 Å². The number of aliphatic hydroxyl groups is 1. The lowest BCUT2D eigenvalue weighted by molar-refractivity contribution is 0.215. The molecule has 0 aliphatic heterocycles. The van der Waals surface area contributed by atoms with Crippen molar-refractivity contribution in [2.75, 3.05) is 26.7 Å². The maximum Gasteiger partial charge on any atom is 0.315 e. The largest absolute Gasteiger partial charge is 0.394 e. The second kappa shape index (κ2) is 9.76. The molecule has 6 heteroatoms. The van der Waals surface area contributed by atoms with E-state index in [-0.39, 0.29) is 18.5 Å². The molecule has 0 saturated carbocycles. The quantitative estimate of drug-likeness (QED) is 0.688. The summed E-state index contributed by atoms with van der Waals surface area (Å²) in [5.74, 6) is -0.249. The van der Waals surface area contributed by atoms with Crippen LogP contribution in [0.15, 0.2) is 54.6 Å². The van der Waals surface area contributed by atoms with Crippen LogP contribution in [-0.4, -0.2) is 42.8 Å². The molecule has 1 atom stereocenters. The second-order valence-electron chi connectivity index (χ2n) is 5.91. The number of hydrogen-bond donors (Lipinski definition) is 3. The van der Waals surface area contributed by atoms with Crippen molar-refractivity contribution in [1.29, 1.82) is 0 Å². The Bertz CT molecular complexity index is 649. The Morgan fingerprint density at radius 2 is 1.84 bits per heavy atom. The van der Waals surface area contributed by atoms with Crippen LogP contribution in [0.5, 0.6) is 0 Å². The molecule has 3 N–H and O–H groups in total. The fourth-order valence-corrected chi connectivity index (χ4v) is 2.47. The van der Waals surface area contributed by atoms with Gasteiger partial charge in [-0.2, -0.15) is 0 Å². The molecule has 2 aromatic carbocycles. The van der Waals surface area contributed by atoms with Crippen molar-refractivity contribution in [1.82, 2.24) is 15.5 Å². The number of nitrogens with one attached hydrogen (secondary N) is 2. The molecule has 0 radical (unpaired) electrons. The topological polar surface area (TPSA) is 64.6 Å². The summed E-state index contributed by atoms with van der Waals surface area (Å²) in [6, 6.07) is 14.9. The standard InChI is InChI=1S/C19H24FN3O2/c1-23(13-15-7-9-17(20)10-8-15)12-11-21-19(25)22-18(14-24)16-5-3-2-4-6-16/h2-10,18,24H,11-14H2,1H3,(H2,21,22,25)/t18-/m1/s1. The van der Waals surface area contributed by atoms with Gasteiger partial charge in [-0.05, 0) is 30.3 Å². The van der Waals surface area contributed by atoms with Crippen LogP contribution in [0.2, 0.25) is 0 Å². The summed E-state index contributed by atoms with van der Waals surface area (Å²) in [5, 5.41) is 15.0. The second-order valence-corrected chi connectivity index (χ2v) is 5.91. The average Bonchev–Trinajstić information content (AvgIpc) is 2.62. The highest BCUT2D eigenvalue weighted by Crippen LogP contribution is 2.11. The Kier molecular flexibility index (Phi) is 7.37. The minimum Gasteiger partial charge on any atom is -0.394 e. The van der Waals surface area contributed by atoms with Gasteiger partial charge in [-0.25, -0.2) is 9.18 Å². The van der Waals surface area contributed by atoms with E-state index >= 15 is 0 Å². The third-order valence-electron chi connectivity index (χ3n) is 3.83. The molecule has 0 bridgehead atoms. The zero-order chi connectivity index (χ0) is 18.1. The molecule has 0 aliphatic carbocycles. The first-order valence-corrected chi connectivity index (χ1v) is 8.21. The van der Waals surface area contributed by atoms with E-state index in [9.17, 15) is 14.3 Å². The Morgan fingerprint density at radius 1 is 1.16 bits per heavy atom. The van der Waals surface area contributed by atoms with E-state index in [0.29, 0.717) is 19.6 Å². The number of amides is 2. The summed E-state index contributed by atoms with van der Waals surface area (Å²) in [7, 11) is 1.93. The molecule has 2 amide bonds. The van der Waals surface area contributed by atoms with Crippen LogP contribution in [0.3, 0.4) is 0 Å². The van der Waals surface area contributed by atoms with E-state index in [1.54, 1.807) is 12.1 Å². The first-order chi connectivity index (χ1) is 12.1. The Hall–Kier alpha value is -2.44. The first kappa shape index (κ1) is 18.9. The summed E-state index contributed by atoms with van der Waals surface area (Å²) >= 11 is 0. The van der Waals surface area contributed by atoms with Crippen molar-refractivity contribution in [2.45, 2.75) is 12.6 Å². The fourth-order valence-electron chi connectivity index (χ4n) is 2.47. The number of carbonyl (C=O) groups excluding carboxylic acids is 1. The maximum atomic E-state index is 12.9. The van der Waals surface area contributed by atoms with Crippen LogP contribution >= 0.6 is 0 Å². The minimum atomic E-state index is -0.432. The zero-order valence-electron chi connectivity index (χ0n) is 14.3. The van der Waals surface area contributed by atoms with E-state index in [1.165, 1.54) is 12.1 Å². The summed E-state index contributed by atoms with van der Waals surface area (Å²) in [6.07, 6.45) is 0. The van der Waals surface area contributed by atoms with Gasteiger partial charge < -0.3 is 20.6 Å². The molecule has 0 saturated heterocycles. The monoisotopic (exact) mass is 345 g/mol. The molecule has 0 heterocycles. The molecule has 0 aliphatic rings. The number of rotatable bonds is 8. The Morgan fingerprint density at radius 3 is 2.48 bits per heavy atom. The molecule has 2 aromatic rings. The van der Waals surface area contributed by atoms with Crippen molar-refractivity contribution in [3.8, 4) is 0 Å². The van der Waals surface area contributed by atoms with E-state index in [1.807, 2.05) is 42.3 Å². The highest BCUT2D eigenvalue weighted by atomic mass is 19.1. The van der Waals surface area contributed by atoms with Crippen molar-refractivity contribution in [3.63, 3.8) is 0 Å². The Labute approximate surface area is 147 Å². The summed E-state index contributed by atoms with van der Waals surface area (Å²) < 4.78 is 12.9. The first-order valence-electron chi connectivity index (χ1n) is 8.21. The van der Waals surface area contributed by atoms with Crippen LogP contribution in [0.1, 0.15) is 17.2 Å². The number of nitrogens with zero attached hydrogens (tertiary/aromatic N) is 1. The van der Waals surface area contributed by atoms with Gasteiger partial charge in [0.2, 0.25) is 0 Å². The summed E-state index contributed by atoms with van der Waals surface area (Å²) in [6.45, 7) is 1.63. The maximum absolute atomic E-state index is 12.9. The van der Waals surface area contributed by atoms with Crippen LogP contribution in [0.4, 0.5) is 9.18 Å². The van der Waals surface area contributed by atoms with E-state index in [4.69, 9.17) is 0 Å². The fraction of sp³-hybridized carbons (Fsp3) is 0.316. The average molecular weight is 345 g/mol. The SMILES string of the molecule is CN(CCNC(=O)N[C@H](CO)c1ccccc1)Cc1ccc(F)cc1. The minimum absolute atomic E-state index is 0.165. The van der Waals surface area contributed by atoms with Crippen LogP contribution in [-0.2, 0) is 6.54 Å². The van der Waals surface area contributed by atoms with Gasteiger partial charge in [0, 0.05) is 19.6 Å². The number of halogens is 1. The number of carbonyl (C=O) groups is 1. The molecule has 0 spiro atoms. The lowest BCUT2D eigenvalue weighted by Crippen LogP contribution is -2.42. The van der Waals surface area contributed by atoms with Gasteiger partial charge in [-0.3, -0.25) is 0 Å². The number of likely N-dealkylation sites (N-methyl/N-ethyl adjacent to an activating group) is 1. The highest BCUT2D eigenvalue weighted by molar-refractivity contribution is 5.74. The van der Waals surface area contributed by atoms with E-state index in [0.717, 1.165) is 11.1 Å². The number of hydrogen-bond acceptors (Lipinski definition) is 3. The zero-order valence-corrected chi connectivity index (χ0v) is 14.3. The predicted molar refractivity (Wildman–Crippen MR) is 95.5 cm³/mol. The van der Waals surface area contributed by atoms with Gasteiger partial charge in [0.15, 0.2) is 0 Å². The van der Waals surface area contributed by atoms with Crippen LogP contribution in [0, 0.1) is 5.82 Å². The smallest absolute Gasteiger partial charge is 0.315 e. The third-order valence-corrected chi connectivity index (χ3v) is 3.83. The predicted octanol–water partition coefficient (Wildman–Crippen LogP) is 2.29.